The third-order valence-corrected chi connectivity index (χ3v) is 3.00. The molecule has 1 N–H and O–H groups in total. The Bertz CT molecular complexity index is 270. The molecule has 1 atom stereocenters. The molecule has 0 saturated heterocycles. The summed E-state index contributed by atoms with van der Waals surface area (Å²) in [5.74, 6) is 0.402. The van der Waals surface area contributed by atoms with Gasteiger partial charge in [0.1, 0.15) is 6.33 Å². The van der Waals surface area contributed by atoms with E-state index in [9.17, 15) is 5.11 Å². The predicted octanol–water partition coefficient (Wildman–Crippen LogP) is 2.09. The average molecular weight is 192 g/mol. The normalized spacial score (nSPS) is 20.6. The van der Waals surface area contributed by atoms with Crippen LogP contribution in [-0.2, 0) is 0 Å². The van der Waals surface area contributed by atoms with E-state index in [4.69, 9.17) is 0 Å². The van der Waals surface area contributed by atoms with Crippen LogP contribution in [0, 0.1) is 5.92 Å². The molecule has 1 aliphatic carbocycles. The number of aliphatic hydroxyl groups excluding tert-OH is 1. The monoisotopic (exact) mass is 192 g/mol. The lowest BCUT2D eigenvalue weighted by molar-refractivity contribution is 0.0810. The molecule has 0 bridgehead atoms. The highest BCUT2D eigenvalue weighted by Gasteiger charge is 2.23. The van der Waals surface area contributed by atoms with Crippen molar-refractivity contribution in [1.29, 1.82) is 0 Å². The fraction of sp³-hybridized carbons (Fsp3) is 0.636. The van der Waals surface area contributed by atoms with E-state index in [2.05, 4.69) is 9.97 Å². The fourth-order valence-corrected chi connectivity index (χ4v) is 2.17. The summed E-state index contributed by atoms with van der Waals surface area (Å²) in [7, 11) is 0. The molecule has 76 valence electrons. The van der Waals surface area contributed by atoms with Crippen molar-refractivity contribution in [2.75, 3.05) is 0 Å². The molecule has 0 aromatic carbocycles. The summed E-state index contributed by atoms with van der Waals surface area (Å²) < 4.78 is 0. The molecular weight excluding hydrogens is 176 g/mol. The number of aromatic nitrogens is 2. The van der Waals surface area contributed by atoms with Crippen molar-refractivity contribution in [3.63, 3.8) is 0 Å². The van der Waals surface area contributed by atoms with Crippen molar-refractivity contribution in [3.05, 3.63) is 24.3 Å². The van der Waals surface area contributed by atoms with Crippen LogP contribution < -0.4 is 0 Å². The second-order valence-corrected chi connectivity index (χ2v) is 3.98. The van der Waals surface area contributed by atoms with Gasteiger partial charge in [-0.25, -0.2) is 9.97 Å². The first-order valence-corrected chi connectivity index (χ1v) is 5.32. The molecule has 1 aliphatic rings. The number of hydrogen-bond acceptors (Lipinski definition) is 3. The highest BCUT2D eigenvalue weighted by Crippen LogP contribution is 2.33. The molecule has 14 heavy (non-hydrogen) atoms. The van der Waals surface area contributed by atoms with Gasteiger partial charge in [-0.15, -0.1) is 0 Å². The molecule has 3 heteroatoms. The Balaban J connectivity index is 2.03. The quantitative estimate of drug-likeness (QED) is 0.780. The van der Waals surface area contributed by atoms with Gasteiger partial charge in [0, 0.05) is 6.20 Å². The summed E-state index contributed by atoms with van der Waals surface area (Å²) in [6.45, 7) is 0. The smallest absolute Gasteiger partial charge is 0.115 e. The number of hydrogen-bond donors (Lipinski definition) is 1. The molecule has 3 nitrogen and oxygen atoms in total. The summed E-state index contributed by atoms with van der Waals surface area (Å²) in [5, 5.41) is 10.1. The third kappa shape index (κ3) is 2.10. The Labute approximate surface area is 84.2 Å². The maximum absolute atomic E-state index is 10.1. The van der Waals surface area contributed by atoms with Crippen LogP contribution in [0.25, 0.3) is 0 Å². The van der Waals surface area contributed by atoms with E-state index in [0.717, 1.165) is 18.5 Å². The fourth-order valence-electron chi connectivity index (χ4n) is 2.17. The van der Waals surface area contributed by atoms with Gasteiger partial charge >= 0.3 is 0 Å². The lowest BCUT2D eigenvalue weighted by Gasteiger charge is -2.25. The molecule has 1 aromatic rings. The van der Waals surface area contributed by atoms with E-state index >= 15 is 0 Å². The minimum atomic E-state index is -0.390. The topological polar surface area (TPSA) is 46.0 Å². The maximum Gasteiger partial charge on any atom is 0.115 e. The van der Waals surface area contributed by atoms with Crippen LogP contribution in [0.5, 0.6) is 0 Å². The Hall–Kier alpha value is -0.960. The highest BCUT2D eigenvalue weighted by molar-refractivity contribution is 5.03. The highest BCUT2D eigenvalue weighted by atomic mass is 16.3. The van der Waals surface area contributed by atoms with Gasteiger partial charge in [-0.1, -0.05) is 19.3 Å². The molecule has 1 unspecified atom stereocenters. The van der Waals surface area contributed by atoms with E-state index in [-0.39, 0.29) is 0 Å². The molecule has 0 amide bonds. The lowest BCUT2D eigenvalue weighted by atomic mass is 9.84. The van der Waals surface area contributed by atoms with Gasteiger partial charge in [0.05, 0.1) is 11.8 Å². The maximum atomic E-state index is 10.1. The van der Waals surface area contributed by atoms with Crippen molar-refractivity contribution < 1.29 is 5.11 Å². The largest absolute Gasteiger partial charge is 0.387 e. The van der Waals surface area contributed by atoms with Crippen LogP contribution >= 0.6 is 0 Å². The Morgan fingerprint density at radius 3 is 2.71 bits per heavy atom. The van der Waals surface area contributed by atoms with Gasteiger partial charge in [0.25, 0.3) is 0 Å². The first-order chi connectivity index (χ1) is 6.88. The van der Waals surface area contributed by atoms with Crippen LogP contribution in [0.4, 0.5) is 0 Å². The van der Waals surface area contributed by atoms with Crippen molar-refractivity contribution in [2.24, 2.45) is 5.92 Å². The number of rotatable bonds is 2. The zero-order valence-electron chi connectivity index (χ0n) is 8.26. The SMILES string of the molecule is OC(c1ccncn1)C1CCCCC1. The summed E-state index contributed by atoms with van der Waals surface area (Å²) in [6.07, 6.45) is 8.86. The van der Waals surface area contributed by atoms with E-state index in [1.54, 1.807) is 12.3 Å². The first kappa shape index (κ1) is 9.59. The van der Waals surface area contributed by atoms with Crippen molar-refractivity contribution in [2.45, 2.75) is 38.2 Å². The van der Waals surface area contributed by atoms with Crippen LogP contribution in [-0.4, -0.2) is 15.1 Å². The summed E-state index contributed by atoms with van der Waals surface area (Å²) in [5.41, 5.74) is 0.770. The average Bonchev–Trinajstić information content (AvgIpc) is 2.30. The van der Waals surface area contributed by atoms with E-state index < -0.39 is 6.10 Å². The zero-order valence-corrected chi connectivity index (χ0v) is 8.26. The second kappa shape index (κ2) is 4.51. The van der Waals surface area contributed by atoms with Gasteiger partial charge in [0.2, 0.25) is 0 Å². The van der Waals surface area contributed by atoms with E-state index in [0.29, 0.717) is 5.92 Å². The van der Waals surface area contributed by atoms with E-state index in [1.807, 2.05) is 0 Å². The molecule has 2 rings (SSSR count). The van der Waals surface area contributed by atoms with E-state index in [1.165, 1.54) is 25.6 Å². The summed E-state index contributed by atoms with van der Waals surface area (Å²) >= 11 is 0. The zero-order chi connectivity index (χ0) is 9.80. The number of nitrogens with zero attached hydrogens (tertiary/aromatic N) is 2. The van der Waals surface area contributed by atoms with Crippen molar-refractivity contribution in [1.82, 2.24) is 9.97 Å². The first-order valence-electron chi connectivity index (χ1n) is 5.32. The van der Waals surface area contributed by atoms with Gasteiger partial charge in [0.15, 0.2) is 0 Å². The van der Waals surface area contributed by atoms with Gasteiger partial charge < -0.3 is 5.11 Å². The lowest BCUT2D eigenvalue weighted by Crippen LogP contribution is -2.16. The molecule has 0 radical (unpaired) electrons. The minimum absolute atomic E-state index is 0.390. The Morgan fingerprint density at radius 1 is 1.29 bits per heavy atom. The minimum Gasteiger partial charge on any atom is -0.387 e. The summed E-state index contributed by atoms with van der Waals surface area (Å²) in [6, 6.07) is 1.80. The van der Waals surface area contributed by atoms with Gasteiger partial charge in [-0.3, -0.25) is 0 Å². The standard InChI is InChI=1S/C11H16N2O/c14-11(9-4-2-1-3-5-9)10-6-7-12-8-13-10/h6-9,11,14H,1-5H2. The van der Waals surface area contributed by atoms with Gasteiger partial charge in [-0.05, 0) is 24.8 Å². The van der Waals surface area contributed by atoms with Gasteiger partial charge in [-0.2, -0.15) is 0 Å². The van der Waals surface area contributed by atoms with Crippen molar-refractivity contribution >= 4 is 0 Å². The Morgan fingerprint density at radius 2 is 2.07 bits per heavy atom. The Kier molecular flexibility index (Phi) is 3.09. The molecule has 1 fully saturated rings. The molecule has 0 spiro atoms. The van der Waals surface area contributed by atoms with Crippen LogP contribution in [0.2, 0.25) is 0 Å². The molecule has 1 heterocycles. The predicted molar refractivity (Wildman–Crippen MR) is 53.6 cm³/mol. The molecule has 0 aliphatic heterocycles. The molecule has 1 saturated carbocycles. The number of aliphatic hydroxyl groups is 1. The third-order valence-electron chi connectivity index (χ3n) is 3.00. The van der Waals surface area contributed by atoms with Crippen molar-refractivity contribution in [3.8, 4) is 0 Å². The molecule has 1 aromatic heterocycles. The summed E-state index contributed by atoms with van der Waals surface area (Å²) in [4.78, 5) is 7.94. The van der Waals surface area contributed by atoms with Crippen LogP contribution in [0.1, 0.15) is 43.9 Å². The van der Waals surface area contributed by atoms with Crippen LogP contribution in [0.15, 0.2) is 18.6 Å². The second-order valence-electron chi connectivity index (χ2n) is 3.98. The van der Waals surface area contributed by atoms with Crippen LogP contribution in [0.3, 0.4) is 0 Å². The molecular formula is C11H16N2O.